The van der Waals surface area contributed by atoms with Crippen molar-refractivity contribution in [2.24, 2.45) is 0 Å². The monoisotopic (exact) mass is 142 g/mol. The number of rotatable bonds is 3. The standard InChI is InChI=1S/C6H11N2P/c1-8-4-6(3-7)5-9-2/h3-5,7-8H,1-2H3/b6-4+,7-3?. The lowest BCUT2D eigenvalue weighted by molar-refractivity contribution is 1.10. The molecule has 0 atom stereocenters. The number of hydrogen-bond donors (Lipinski definition) is 2. The molecular weight excluding hydrogens is 131 g/mol. The predicted molar refractivity (Wildman–Crippen MR) is 44.8 cm³/mol. The van der Waals surface area contributed by atoms with Gasteiger partial charge >= 0.3 is 0 Å². The van der Waals surface area contributed by atoms with Gasteiger partial charge in [0.15, 0.2) is 0 Å². The maximum atomic E-state index is 6.90. The Balaban J connectivity index is 3.97. The first-order chi connectivity index (χ1) is 4.35. The van der Waals surface area contributed by atoms with E-state index in [-0.39, 0.29) is 0 Å². The summed E-state index contributed by atoms with van der Waals surface area (Å²) in [6.07, 6.45) is 3.12. The Morgan fingerprint density at radius 3 is 2.67 bits per heavy atom. The maximum Gasteiger partial charge on any atom is 0.0268 e. The van der Waals surface area contributed by atoms with Gasteiger partial charge in [-0.15, -0.1) is 8.20 Å². The van der Waals surface area contributed by atoms with Crippen LogP contribution in [0.3, 0.4) is 0 Å². The lowest BCUT2D eigenvalue weighted by Gasteiger charge is -1.89. The van der Waals surface area contributed by atoms with Gasteiger partial charge in [-0.25, -0.2) is 0 Å². The second-order valence-electron chi connectivity index (χ2n) is 1.46. The van der Waals surface area contributed by atoms with E-state index in [2.05, 4.69) is 5.32 Å². The predicted octanol–water partition coefficient (Wildman–Crippen LogP) is 1.12. The van der Waals surface area contributed by atoms with Crippen LogP contribution in [-0.2, 0) is 0 Å². The highest BCUT2D eigenvalue weighted by molar-refractivity contribution is 7.38. The minimum atomic E-state index is 0.918. The van der Waals surface area contributed by atoms with Gasteiger partial charge in [0, 0.05) is 25.0 Å². The van der Waals surface area contributed by atoms with Crippen LogP contribution in [0.25, 0.3) is 0 Å². The molecule has 0 aliphatic carbocycles. The molecule has 0 aliphatic rings. The third kappa shape index (κ3) is 3.92. The highest BCUT2D eigenvalue weighted by atomic mass is 31.1. The smallest absolute Gasteiger partial charge is 0.0268 e. The molecular formula is C6H11N2P. The molecule has 0 spiro atoms. The summed E-state index contributed by atoms with van der Waals surface area (Å²) in [6, 6.07) is 0. The van der Waals surface area contributed by atoms with Gasteiger partial charge < -0.3 is 10.7 Å². The molecule has 0 unspecified atom stereocenters. The molecule has 2 nitrogen and oxygen atoms in total. The van der Waals surface area contributed by atoms with Gasteiger partial charge in [-0.3, -0.25) is 0 Å². The first kappa shape index (κ1) is 8.38. The van der Waals surface area contributed by atoms with E-state index < -0.39 is 0 Å². The van der Waals surface area contributed by atoms with Gasteiger partial charge in [0.25, 0.3) is 0 Å². The van der Waals surface area contributed by atoms with Gasteiger partial charge in [0.05, 0.1) is 0 Å². The van der Waals surface area contributed by atoms with Crippen molar-refractivity contribution in [2.75, 3.05) is 13.7 Å². The molecule has 0 aliphatic heterocycles. The fourth-order valence-corrected chi connectivity index (χ4v) is 0.879. The molecule has 0 radical (unpaired) electrons. The molecule has 2 N–H and O–H groups in total. The van der Waals surface area contributed by atoms with Crippen molar-refractivity contribution in [1.82, 2.24) is 5.32 Å². The van der Waals surface area contributed by atoms with Crippen LogP contribution in [0, 0.1) is 5.41 Å². The summed E-state index contributed by atoms with van der Waals surface area (Å²) >= 11 is 0. The average Bonchev–Trinajstić information content (AvgIpc) is 1.88. The molecule has 0 fully saturated rings. The zero-order valence-corrected chi connectivity index (χ0v) is 6.57. The first-order valence-corrected chi connectivity index (χ1v) is 4.06. The Bertz CT molecular complexity index is 138. The molecule has 0 heterocycles. The van der Waals surface area contributed by atoms with Crippen LogP contribution in [0.5, 0.6) is 0 Å². The zero-order valence-electron chi connectivity index (χ0n) is 5.68. The Morgan fingerprint density at radius 1 is 1.67 bits per heavy atom. The van der Waals surface area contributed by atoms with E-state index >= 15 is 0 Å². The van der Waals surface area contributed by atoms with Crippen molar-refractivity contribution in [3.63, 3.8) is 0 Å². The van der Waals surface area contributed by atoms with Crippen molar-refractivity contribution in [3.8, 4) is 0 Å². The first-order valence-electron chi connectivity index (χ1n) is 2.65. The third-order valence-corrected chi connectivity index (χ3v) is 1.31. The molecule has 0 aromatic carbocycles. The highest BCUT2D eigenvalue weighted by Gasteiger charge is 1.79. The van der Waals surface area contributed by atoms with Crippen LogP contribution in [0.1, 0.15) is 0 Å². The summed E-state index contributed by atoms with van der Waals surface area (Å²) in [5.74, 6) is 1.96. The molecule has 9 heavy (non-hydrogen) atoms. The van der Waals surface area contributed by atoms with Gasteiger partial charge in [0.2, 0.25) is 0 Å². The van der Waals surface area contributed by atoms with E-state index in [4.69, 9.17) is 5.41 Å². The Kier molecular flexibility index (Phi) is 5.14. The molecule has 3 heteroatoms. The Morgan fingerprint density at radius 2 is 2.33 bits per heavy atom. The molecule has 0 aromatic heterocycles. The fraction of sp³-hybridized carbons (Fsp3) is 0.333. The molecule has 50 valence electrons. The third-order valence-electron chi connectivity index (χ3n) is 0.756. The van der Waals surface area contributed by atoms with Crippen molar-refractivity contribution in [1.29, 1.82) is 5.41 Å². The molecule has 0 aromatic rings. The summed E-state index contributed by atoms with van der Waals surface area (Å²) in [6.45, 7) is 2.02. The van der Waals surface area contributed by atoms with Crippen molar-refractivity contribution < 1.29 is 0 Å². The SMILES string of the molecule is CN/C=C(C=N)/C=P/C. The maximum absolute atomic E-state index is 6.90. The van der Waals surface area contributed by atoms with E-state index in [9.17, 15) is 0 Å². The Hall–Kier alpha value is -0.620. The lowest BCUT2D eigenvalue weighted by Crippen LogP contribution is -1.97. The van der Waals surface area contributed by atoms with Crippen LogP contribution in [-0.4, -0.2) is 25.7 Å². The van der Waals surface area contributed by atoms with Crippen LogP contribution >= 0.6 is 8.20 Å². The van der Waals surface area contributed by atoms with Gasteiger partial charge in [-0.2, -0.15) is 0 Å². The number of nitrogens with one attached hydrogen (secondary N) is 2. The largest absolute Gasteiger partial charge is 0.393 e. The van der Waals surface area contributed by atoms with E-state index in [1.54, 1.807) is 6.20 Å². The second kappa shape index (κ2) is 5.52. The van der Waals surface area contributed by atoms with Gasteiger partial charge in [-0.05, 0) is 12.5 Å². The average molecular weight is 142 g/mol. The van der Waals surface area contributed by atoms with Gasteiger partial charge in [0.1, 0.15) is 0 Å². The topological polar surface area (TPSA) is 35.9 Å². The van der Waals surface area contributed by atoms with Crippen LogP contribution in [0.4, 0.5) is 0 Å². The van der Waals surface area contributed by atoms with Crippen molar-refractivity contribution in [2.45, 2.75) is 0 Å². The second-order valence-corrected chi connectivity index (χ2v) is 2.24. The molecule has 0 rings (SSSR count). The molecule has 0 saturated carbocycles. The summed E-state index contributed by atoms with van der Waals surface area (Å²) in [5, 5.41) is 9.75. The number of hydrogen-bond acceptors (Lipinski definition) is 2. The quantitative estimate of drug-likeness (QED) is 0.449. The number of allylic oxidation sites excluding steroid dienone is 1. The summed E-state index contributed by atoms with van der Waals surface area (Å²) in [7, 11) is 3.00. The minimum absolute atomic E-state index is 0.918. The lowest BCUT2D eigenvalue weighted by atomic mass is 10.4. The Labute approximate surface area is 57.3 Å². The van der Waals surface area contributed by atoms with Crippen molar-refractivity contribution in [3.05, 3.63) is 11.8 Å². The summed E-state index contributed by atoms with van der Waals surface area (Å²) < 4.78 is 0. The van der Waals surface area contributed by atoms with Gasteiger partial charge in [-0.1, -0.05) is 0 Å². The van der Waals surface area contributed by atoms with Crippen LogP contribution in [0.2, 0.25) is 0 Å². The molecule has 0 bridgehead atoms. The fourth-order valence-electron chi connectivity index (χ4n) is 0.432. The van der Waals surface area contributed by atoms with E-state index in [1.807, 2.05) is 19.5 Å². The normalized spacial score (nSPS) is 12.0. The van der Waals surface area contributed by atoms with Crippen molar-refractivity contribution >= 4 is 20.2 Å². The zero-order chi connectivity index (χ0) is 7.11. The molecule has 0 amide bonds. The van der Waals surface area contributed by atoms with Crippen LogP contribution < -0.4 is 5.32 Å². The molecule has 0 saturated heterocycles. The summed E-state index contributed by atoms with van der Waals surface area (Å²) in [5.41, 5.74) is 0.918. The summed E-state index contributed by atoms with van der Waals surface area (Å²) in [4.78, 5) is 0. The highest BCUT2D eigenvalue weighted by Crippen LogP contribution is 1.89. The van der Waals surface area contributed by atoms with E-state index in [1.165, 1.54) is 14.4 Å². The van der Waals surface area contributed by atoms with E-state index in [0.29, 0.717) is 0 Å². The van der Waals surface area contributed by atoms with E-state index in [0.717, 1.165) is 5.57 Å². The minimum Gasteiger partial charge on any atom is -0.393 e. The van der Waals surface area contributed by atoms with Crippen LogP contribution in [0.15, 0.2) is 11.8 Å².